The Kier molecular flexibility index (Phi) is 34.2. The quantitative estimate of drug-likeness (QED) is 0.0471. The van der Waals surface area contributed by atoms with E-state index in [0.29, 0.717) is 75.4 Å². The Morgan fingerprint density at radius 2 is 0.536 bits per heavy atom. The van der Waals surface area contributed by atoms with Gasteiger partial charge in [-0.3, -0.25) is 0 Å². The Bertz CT molecular complexity index is 7370. The minimum absolute atomic E-state index is 0.0449. The van der Waals surface area contributed by atoms with Crippen LogP contribution in [0.4, 0.5) is 0 Å². The largest absolute Gasteiger partial charge is 0.504 e. The first-order valence-electron chi connectivity index (χ1n) is 45.5. The maximum atomic E-state index is 9.82. The molecule has 0 aliphatic carbocycles. The molecule has 0 fully saturated rings. The van der Waals surface area contributed by atoms with E-state index in [4.69, 9.17) is 11.6 Å². The molecule has 0 radical (unpaired) electrons. The summed E-state index contributed by atoms with van der Waals surface area (Å²) in [4.78, 5) is 0. The fourth-order valence-corrected chi connectivity index (χ4v) is 15.7. The van der Waals surface area contributed by atoms with E-state index in [1.54, 1.807) is 60.7 Å². The van der Waals surface area contributed by atoms with Gasteiger partial charge < -0.3 is 91.9 Å². The second-order valence-corrected chi connectivity index (χ2v) is 36.6. The zero-order valence-electron chi connectivity index (χ0n) is 81.4. The minimum Gasteiger partial charge on any atom is -0.504 e. The average molecular weight is 1900 g/mol. The van der Waals surface area contributed by atoms with Crippen molar-refractivity contribution in [1.29, 1.82) is 0 Å². The highest BCUT2D eigenvalue weighted by atomic mass is 35.5. The Labute approximate surface area is 806 Å². The maximum Gasteiger partial charge on any atom is 0.258 e. The summed E-state index contributed by atoms with van der Waals surface area (Å²) in [5.41, 5.74) is 4.70. The zero-order chi connectivity index (χ0) is 102. The van der Waals surface area contributed by atoms with Crippen molar-refractivity contribution in [1.82, 2.24) is 0 Å². The molecule has 9 heterocycles. The molecule has 9 aromatic carbocycles. The van der Waals surface area contributed by atoms with Crippen LogP contribution in [0.15, 0.2) is 256 Å². The molecule has 138 heavy (non-hydrogen) atoms. The fourth-order valence-electron chi connectivity index (χ4n) is 15.4. The van der Waals surface area contributed by atoms with Gasteiger partial charge in [-0.15, -0.1) is 0 Å². The smallest absolute Gasteiger partial charge is 0.258 e. The number of phenolic OH excluding ortho intramolecular Hbond substituents is 18. The van der Waals surface area contributed by atoms with Crippen LogP contribution in [-0.2, 0) is 0 Å². The fraction of sp³-hybridized carbons (Fsp3) is 0.264. The molecule has 18 rings (SSSR count). The average Bonchev–Trinajstić information content (AvgIpc) is 1.07. The molecule has 9 aromatic heterocycles. The predicted octanol–water partition coefficient (Wildman–Crippen LogP) is 20.3. The first-order chi connectivity index (χ1) is 65.1. The number of aromatic hydroxyl groups is 18. The SMILES string of the molecule is CC(C)[n+]1ccc2c(Cl)c(O)c(O)cc2c1.CC(C)[n+]1ccc2c(O)c(O)ccc2c1.CC(C)[n+]1ccc2cc(O)c(O)cc2c1.CC(C)[n+]1ccc2ccc(O)c(O)c2c1.CC(C)[n+]1cccc2c(O)c(O)ccc21.CC(C)[n+]1cccc2cc(O)c(O)cc21.CC(C)[n+]1cccc2ccc(O)c(O)c21.Cc1cc2c(O)c(O)ccc2c[n+]1C(C)C.Cc1cc2cc(O)c(O)cc2c[n+]1C(C)C. The number of hydrogen-bond donors (Lipinski definition) is 18. The summed E-state index contributed by atoms with van der Waals surface area (Å²) < 4.78 is 18.4. The number of aryl methyl sites for hydroxylation is 2. The van der Waals surface area contributed by atoms with E-state index >= 15 is 0 Å². The van der Waals surface area contributed by atoms with Gasteiger partial charge in [-0.2, -0.15) is 13.7 Å². The molecular weight excluding hydrogens is 1770 g/mol. The van der Waals surface area contributed by atoms with Crippen LogP contribution in [0.25, 0.3) is 97.3 Å². The van der Waals surface area contributed by atoms with Crippen molar-refractivity contribution in [3.05, 3.63) is 273 Å². The highest BCUT2D eigenvalue weighted by Crippen LogP contribution is 2.42. The monoisotopic (exact) mass is 1900 g/mol. The van der Waals surface area contributed by atoms with Crippen LogP contribution in [0.1, 0.15) is 190 Å². The van der Waals surface area contributed by atoms with E-state index in [9.17, 15) is 91.9 Å². The maximum absolute atomic E-state index is 9.82. The van der Waals surface area contributed by atoms with Crippen molar-refractivity contribution in [2.24, 2.45) is 0 Å². The number of phenols is 18. The van der Waals surface area contributed by atoms with Crippen LogP contribution >= 0.6 is 11.6 Å². The molecule has 27 nitrogen and oxygen atoms in total. The van der Waals surface area contributed by atoms with Crippen LogP contribution in [-0.4, -0.2) is 91.9 Å². The van der Waals surface area contributed by atoms with Gasteiger partial charge >= 0.3 is 0 Å². The van der Waals surface area contributed by atoms with Gasteiger partial charge in [0.2, 0.25) is 16.8 Å². The number of nitrogens with zero attached hydrogens (tertiary/aromatic N) is 9. The molecule has 0 spiro atoms. The first-order valence-corrected chi connectivity index (χ1v) is 45.9. The van der Waals surface area contributed by atoms with Crippen LogP contribution < -0.4 is 41.1 Å². The zero-order valence-corrected chi connectivity index (χ0v) is 82.2. The summed E-state index contributed by atoms with van der Waals surface area (Å²) in [6, 6.07) is 53.3. The molecule has 0 bridgehead atoms. The first kappa shape index (κ1) is 104. The Hall–Kier alpha value is -15.6. The molecule has 28 heteroatoms. The summed E-state index contributed by atoms with van der Waals surface area (Å²) in [6.45, 7) is 41.4. The Morgan fingerprint density at radius 1 is 0.196 bits per heavy atom. The van der Waals surface area contributed by atoms with E-state index < -0.39 is 0 Å². The minimum atomic E-state index is -0.267. The molecule has 0 saturated heterocycles. The molecular formula is C110H129ClN9O18+9. The molecule has 18 N–H and O–H groups in total. The number of fused-ring (bicyclic) bond motifs is 9. The number of halogens is 1. The van der Waals surface area contributed by atoms with Crippen molar-refractivity contribution < 1.29 is 133 Å². The van der Waals surface area contributed by atoms with Gasteiger partial charge in [0.25, 0.3) is 5.52 Å². The van der Waals surface area contributed by atoms with Gasteiger partial charge in [0.15, 0.2) is 244 Å². The van der Waals surface area contributed by atoms with Crippen molar-refractivity contribution in [2.75, 3.05) is 0 Å². The molecule has 0 aliphatic heterocycles. The molecule has 0 atom stereocenters. The van der Waals surface area contributed by atoms with Crippen molar-refractivity contribution in [3.63, 3.8) is 0 Å². The van der Waals surface area contributed by atoms with E-state index in [0.717, 1.165) is 81.7 Å². The Balaban J connectivity index is 0.000000160. The molecule has 720 valence electrons. The van der Waals surface area contributed by atoms with E-state index in [2.05, 4.69) is 138 Å². The van der Waals surface area contributed by atoms with Crippen molar-refractivity contribution >= 4 is 109 Å². The topological polar surface area (TPSA) is 399 Å². The van der Waals surface area contributed by atoms with E-state index in [1.807, 2.05) is 201 Å². The summed E-state index contributed by atoms with van der Waals surface area (Å²) in [5.74, 6) is -1.58. The third-order valence-electron chi connectivity index (χ3n) is 23.2. The number of hydrogen-bond acceptors (Lipinski definition) is 18. The van der Waals surface area contributed by atoms with Gasteiger partial charge in [0, 0.05) is 112 Å². The Morgan fingerprint density at radius 3 is 1.05 bits per heavy atom. The van der Waals surface area contributed by atoms with Gasteiger partial charge in [0.1, 0.15) is 0 Å². The number of pyridine rings is 9. The molecule has 18 aromatic rings. The van der Waals surface area contributed by atoms with Crippen LogP contribution in [0.3, 0.4) is 0 Å². The molecule has 0 aliphatic rings. The van der Waals surface area contributed by atoms with Gasteiger partial charge in [-0.05, 0) is 250 Å². The second-order valence-electron chi connectivity index (χ2n) is 36.2. The summed E-state index contributed by atoms with van der Waals surface area (Å²) in [5, 5.41) is 184. The van der Waals surface area contributed by atoms with Gasteiger partial charge in [-0.25, -0.2) is 27.4 Å². The van der Waals surface area contributed by atoms with Crippen LogP contribution in [0, 0.1) is 13.8 Å². The second kappa shape index (κ2) is 45.1. The standard InChI is InChI=1S/2C13H15NO2.C12H12ClNO2.6C12H13NO2/c1-8(2)14-7-11-6-13(16)12(15)5-10(11)4-9(14)3;1-8(2)14-7-10-4-5-12(15)13(16)11(10)6-9(14)3;1-7(2)14-4-3-9-8(6-14)5-10(15)12(16)11(9)13;1-8(2)13-4-3-9-5-11(14)12(15)6-10(9)7-13;1-8(2)13-6-5-10-9(7-13)3-4-11(14)12(10)15;1-8(2)13-6-5-9-3-4-11(14)12(15)10(9)7-13;1-8(2)13-7-3-4-9-10(13)5-6-11(14)12(9)15;1-8(2)13-7-3-4-9-5-6-10(14)12(15)11(9)13;1-8(2)13-5-3-4-9-6-11(14)12(15)7-10(9)13/h2*4-8,16H,1-3H3;3-7,15H,1-2H3;2*3-8,15H,1-2H3;2*3-8,14H,1-2H3;3-8,15H,1-2H3;3-8,14H,1-2H3/p+9. The highest BCUT2D eigenvalue weighted by molar-refractivity contribution is 6.37. The summed E-state index contributed by atoms with van der Waals surface area (Å²) in [7, 11) is 0. The van der Waals surface area contributed by atoms with Gasteiger partial charge in [-0.1, -0.05) is 11.6 Å². The highest BCUT2D eigenvalue weighted by Gasteiger charge is 2.25. The number of benzene rings is 9. The van der Waals surface area contributed by atoms with E-state index in [1.165, 1.54) is 36.4 Å². The lowest BCUT2D eigenvalue weighted by Gasteiger charge is -2.07. The summed E-state index contributed by atoms with van der Waals surface area (Å²) in [6.07, 6.45) is 25.2. The van der Waals surface area contributed by atoms with Crippen molar-refractivity contribution in [3.8, 4) is 103 Å². The van der Waals surface area contributed by atoms with E-state index in [-0.39, 0.29) is 115 Å². The lowest BCUT2D eigenvalue weighted by molar-refractivity contribution is -0.720. The number of rotatable bonds is 9. The molecule has 0 amide bonds. The lowest BCUT2D eigenvalue weighted by Crippen LogP contribution is -2.38. The normalized spacial score (nSPS) is 11.2. The third-order valence-corrected chi connectivity index (χ3v) is 23.6. The summed E-state index contributed by atoms with van der Waals surface area (Å²) >= 11 is 5.94. The third kappa shape index (κ3) is 24.7. The molecule has 0 unspecified atom stereocenters. The van der Waals surface area contributed by atoms with Gasteiger partial charge in [0.05, 0.1) is 38.0 Å². The predicted molar refractivity (Wildman–Crippen MR) is 535 cm³/mol. The van der Waals surface area contributed by atoms with Crippen LogP contribution in [0.5, 0.6) is 103 Å². The van der Waals surface area contributed by atoms with Crippen LogP contribution in [0.2, 0.25) is 5.02 Å². The lowest BCUT2D eigenvalue weighted by atomic mass is 10.1. The molecule has 0 saturated carbocycles. The van der Waals surface area contributed by atoms with Crippen molar-refractivity contribution in [2.45, 2.75) is 193 Å². The number of aromatic nitrogens is 9.